The highest BCUT2D eigenvalue weighted by atomic mass is 16.6. The molecule has 0 atom stereocenters. The highest BCUT2D eigenvalue weighted by molar-refractivity contribution is 5.97. The van der Waals surface area contributed by atoms with Gasteiger partial charge in [-0.25, -0.2) is 9.59 Å². The molecule has 0 bridgehead atoms. The average molecular weight is 820 g/mol. The molecule has 4 aromatic rings. The van der Waals surface area contributed by atoms with Gasteiger partial charge >= 0.3 is 17.9 Å². The summed E-state index contributed by atoms with van der Waals surface area (Å²) in [6, 6.07) is 28.1. The van der Waals surface area contributed by atoms with Crippen LogP contribution in [0.15, 0.2) is 103 Å². The normalized spacial score (nSPS) is 10.8. The molecule has 4 rings (SSSR count). The molecule has 59 heavy (non-hydrogen) atoms. The molecular weight excluding hydrogens is 770 g/mol. The Morgan fingerprint density at radius 1 is 0.407 bits per heavy atom. The molecule has 0 aliphatic rings. The fourth-order valence-electron chi connectivity index (χ4n) is 4.85. The molecule has 0 aliphatic carbocycles. The Morgan fingerprint density at radius 3 is 1.27 bits per heavy atom. The number of esters is 2. The summed E-state index contributed by atoms with van der Waals surface area (Å²) in [7, 11) is 0. The molecule has 0 fully saturated rings. The number of benzene rings is 4. The van der Waals surface area contributed by atoms with Crippen molar-refractivity contribution in [2.45, 2.75) is 0 Å². The maximum atomic E-state index is 12.5. The standard InChI is InChI=1S/C43H49NO15/c45-40(46)32-44-41(47)35-28-38(31-39(29-35)59-43(49)34-10-5-2-6-11-34)57-27-25-55-23-21-53-19-17-51-15-14-50-16-18-52-20-22-54-24-26-56-36-12-7-13-37(30-36)58-42(48)33-8-3-1-4-9-33/h1-13,28-31H,14-27,32H2,(H,44,47)(H,45,46). The largest absolute Gasteiger partial charge is 0.491 e. The number of rotatable bonds is 30. The maximum absolute atomic E-state index is 12.5. The summed E-state index contributed by atoms with van der Waals surface area (Å²) in [6.45, 7) is 4.38. The van der Waals surface area contributed by atoms with Crippen molar-refractivity contribution in [2.24, 2.45) is 0 Å². The molecule has 16 nitrogen and oxygen atoms in total. The van der Waals surface area contributed by atoms with Crippen LogP contribution in [0.3, 0.4) is 0 Å². The van der Waals surface area contributed by atoms with E-state index in [9.17, 15) is 19.2 Å². The summed E-state index contributed by atoms with van der Waals surface area (Å²) in [5.41, 5.74) is 0.840. The maximum Gasteiger partial charge on any atom is 0.343 e. The van der Waals surface area contributed by atoms with Gasteiger partial charge in [-0.3, -0.25) is 9.59 Å². The number of hydrogen-bond acceptors (Lipinski definition) is 14. The predicted octanol–water partition coefficient (Wildman–Crippen LogP) is 4.50. The average Bonchev–Trinajstić information content (AvgIpc) is 3.25. The van der Waals surface area contributed by atoms with E-state index in [0.29, 0.717) is 102 Å². The van der Waals surface area contributed by atoms with E-state index in [4.69, 9.17) is 52.5 Å². The smallest absolute Gasteiger partial charge is 0.343 e. The second-order valence-corrected chi connectivity index (χ2v) is 12.1. The summed E-state index contributed by atoms with van der Waals surface area (Å²) in [4.78, 5) is 48.2. The molecule has 0 unspecified atom stereocenters. The third kappa shape index (κ3) is 19.4. The molecule has 1 amide bonds. The number of carboxylic acids is 1. The van der Waals surface area contributed by atoms with Gasteiger partial charge in [-0.1, -0.05) is 42.5 Å². The van der Waals surface area contributed by atoms with Crippen LogP contribution < -0.4 is 24.3 Å². The third-order valence-electron chi connectivity index (χ3n) is 7.64. The van der Waals surface area contributed by atoms with Gasteiger partial charge in [-0.2, -0.15) is 0 Å². The Hall–Kier alpha value is -5.88. The molecule has 316 valence electrons. The lowest BCUT2D eigenvalue weighted by atomic mass is 10.2. The molecule has 16 heteroatoms. The third-order valence-corrected chi connectivity index (χ3v) is 7.64. The lowest BCUT2D eigenvalue weighted by molar-refractivity contribution is -0.135. The summed E-state index contributed by atoms with van der Waals surface area (Å²) in [6.07, 6.45) is 0. The molecule has 0 saturated carbocycles. The zero-order valence-corrected chi connectivity index (χ0v) is 32.6. The van der Waals surface area contributed by atoms with Gasteiger partial charge < -0.3 is 57.8 Å². The van der Waals surface area contributed by atoms with Crippen molar-refractivity contribution in [3.8, 4) is 23.0 Å². The van der Waals surface area contributed by atoms with Gasteiger partial charge in [-0.05, 0) is 48.5 Å². The van der Waals surface area contributed by atoms with Crippen molar-refractivity contribution < 1.29 is 71.7 Å². The zero-order valence-electron chi connectivity index (χ0n) is 32.6. The quantitative estimate of drug-likeness (QED) is 0.0424. The van der Waals surface area contributed by atoms with Crippen LogP contribution in [0.5, 0.6) is 23.0 Å². The van der Waals surface area contributed by atoms with Gasteiger partial charge in [0.15, 0.2) is 0 Å². The first kappa shape index (κ1) is 45.8. The molecule has 0 radical (unpaired) electrons. The van der Waals surface area contributed by atoms with Crippen molar-refractivity contribution in [1.29, 1.82) is 0 Å². The molecular formula is C43H49NO15. The Balaban J connectivity index is 0.933. The second kappa shape index (κ2) is 27.7. The van der Waals surface area contributed by atoms with E-state index in [2.05, 4.69) is 5.32 Å². The second-order valence-electron chi connectivity index (χ2n) is 12.1. The van der Waals surface area contributed by atoms with E-state index < -0.39 is 30.4 Å². The van der Waals surface area contributed by atoms with E-state index in [0.717, 1.165) is 0 Å². The Morgan fingerprint density at radius 2 is 0.797 bits per heavy atom. The number of carboxylic acid groups (broad SMARTS) is 1. The van der Waals surface area contributed by atoms with Crippen LogP contribution in [0.25, 0.3) is 0 Å². The van der Waals surface area contributed by atoms with Crippen molar-refractivity contribution in [3.63, 3.8) is 0 Å². The highest BCUT2D eigenvalue weighted by Gasteiger charge is 2.15. The number of amides is 1. The van der Waals surface area contributed by atoms with Gasteiger partial charge in [0.25, 0.3) is 5.91 Å². The summed E-state index contributed by atoms with van der Waals surface area (Å²) in [5.74, 6) is -1.70. The number of hydrogen-bond donors (Lipinski definition) is 2. The predicted molar refractivity (Wildman–Crippen MR) is 212 cm³/mol. The molecule has 0 heterocycles. The van der Waals surface area contributed by atoms with Crippen LogP contribution in [0.4, 0.5) is 0 Å². The van der Waals surface area contributed by atoms with Crippen LogP contribution in [0, 0.1) is 0 Å². The molecule has 0 saturated heterocycles. The molecule has 0 aliphatic heterocycles. The first-order valence-corrected chi connectivity index (χ1v) is 18.9. The van der Waals surface area contributed by atoms with E-state index in [1.807, 2.05) is 6.07 Å². The summed E-state index contributed by atoms with van der Waals surface area (Å²) < 4.78 is 55.3. The fraction of sp³-hybridized carbons (Fsp3) is 0.349. The van der Waals surface area contributed by atoms with Crippen LogP contribution in [-0.4, -0.2) is 128 Å². The number of carbonyl (C=O) groups is 4. The van der Waals surface area contributed by atoms with Crippen molar-refractivity contribution in [3.05, 3.63) is 120 Å². The highest BCUT2D eigenvalue weighted by Crippen LogP contribution is 2.24. The first-order valence-electron chi connectivity index (χ1n) is 18.9. The van der Waals surface area contributed by atoms with E-state index in [1.165, 1.54) is 18.2 Å². The molecule has 2 N–H and O–H groups in total. The Kier molecular flexibility index (Phi) is 21.5. The Labute approximate surface area is 342 Å². The van der Waals surface area contributed by atoms with Crippen molar-refractivity contribution in [1.82, 2.24) is 5.32 Å². The van der Waals surface area contributed by atoms with Crippen molar-refractivity contribution in [2.75, 3.05) is 99.0 Å². The van der Waals surface area contributed by atoms with Crippen LogP contribution >= 0.6 is 0 Å². The van der Waals surface area contributed by atoms with E-state index in [1.54, 1.807) is 78.9 Å². The number of nitrogens with one attached hydrogen (secondary N) is 1. The summed E-state index contributed by atoms with van der Waals surface area (Å²) >= 11 is 0. The SMILES string of the molecule is O=C(O)CNC(=O)c1cc(OCCOCCOCCOCCOCCOCCOCCOc2cccc(OC(=O)c3ccccc3)c2)cc(OC(=O)c2ccccc2)c1. The fourth-order valence-corrected chi connectivity index (χ4v) is 4.85. The lowest BCUT2D eigenvalue weighted by Gasteiger charge is -2.12. The molecule has 0 spiro atoms. The van der Waals surface area contributed by atoms with Crippen LogP contribution in [0.2, 0.25) is 0 Å². The minimum absolute atomic E-state index is 0.0538. The van der Waals surface area contributed by atoms with Gasteiger partial charge in [0.1, 0.15) is 42.8 Å². The van der Waals surface area contributed by atoms with Gasteiger partial charge in [0.05, 0.1) is 90.4 Å². The minimum atomic E-state index is -1.20. The molecule has 4 aromatic carbocycles. The molecule has 0 aromatic heterocycles. The lowest BCUT2D eigenvalue weighted by Crippen LogP contribution is -2.29. The van der Waals surface area contributed by atoms with E-state index >= 15 is 0 Å². The van der Waals surface area contributed by atoms with Gasteiger partial charge in [0.2, 0.25) is 0 Å². The van der Waals surface area contributed by atoms with Crippen LogP contribution in [0.1, 0.15) is 31.1 Å². The van der Waals surface area contributed by atoms with Gasteiger partial charge in [0, 0.05) is 17.7 Å². The van der Waals surface area contributed by atoms with Crippen molar-refractivity contribution >= 4 is 23.8 Å². The Bertz CT molecular complexity index is 1840. The van der Waals surface area contributed by atoms with E-state index in [-0.39, 0.29) is 30.3 Å². The van der Waals surface area contributed by atoms with Gasteiger partial charge in [-0.15, -0.1) is 0 Å². The number of ether oxygens (including phenoxy) is 10. The topological polar surface area (TPSA) is 193 Å². The first-order chi connectivity index (χ1) is 28.9. The number of carbonyl (C=O) groups excluding carboxylic acids is 3. The number of aliphatic carboxylic acids is 1. The monoisotopic (exact) mass is 819 g/mol. The summed E-state index contributed by atoms with van der Waals surface area (Å²) in [5, 5.41) is 11.2. The van der Waals surface area contributed by atoms with Crippen LogP contribution in [-0.2, 0) is 33.2 Å². The zero-order chi connectivity index (χ0) is 41.8. The minimum Gasteiger partial charge on any atom is -0.491 e.